The molecule has 0 spiro atoms. The van der Waals surface area contributed by atoms with Crippen LogP contribution in [0.4, 0.5) is 0 Å². The molecule has 1 fully saturated rings. The number of hydrogen-bond donors (Lipinski definition) is 1. The average Bonchev–Trinajstić information content (AvgIpc) is 3.03. The van der Waals surface area contributed by atoms with Crippen molar-refractivity contribution in [3.05, 3.63) is 10.8 Å². The summed E-state index contributed by atoms with van der Waals surface area (Å²) in [5.41, 5.74) is -0.624. The van der Waals surface area contributed by atoms with E-state index < -0.39 is 11.4 Å². The van der Waals surface area contributed by atoms with Gasteiger partial charge in [-0.15, -0.1) is 10.2 Å². The van der Waals surface area contributed by atoms with E-state index in [1.165, 1.54) is 11.3 Å². The average molecular weight is 294 g/mol. The molecule has 2 aromatic rings. The smallest absolute Gasteiger partial charge is 0.310 e. The van der Waals surface area contributed by atoms with Gasteiger partial charge in [-0.1, -0.05) is 38.0 Å². The van der Waals surface area contributed by atoms with E-state index in [1.54, 1.807) is 4.52 Å². The van der Waals surface area contributed by atoms with Crippen LogP contribution in [0.25, 0.3) is 4.96 Å². The van der Waals surface area contributed by atoms with Crippen molar-refractivity contribution in [2.75, 3.05) is 0 Å². The van der Waals surface area contributed by atoms with Crippen LogP contribution in [0.2, 0.25) is 0 Å². The third kappa shape index (κ3) is 2.09. The van der Waals surface area contributed by atoms with E-state index in [0.29, 0.717) is 6.42 Å². The van der Waals surface area contributed by atoms with Gasteiger partial charge in [-0.2, -0.15) is 9.61 Å². The lowest BCUT2D eigenvalue weighted by atomic mass is 9.83. The lowest BCUT2D eigenvalue weighted by molar-refractivity contribution is -0.148. The Labute approximate surface area is 120 Å². The molecule has 108 valence electrons. The van der Waals surface area contributed by atoms with Gasteiger partial charge in [0.25, 0.3) is 0 Å². The predicted molar refractivity (Wildman–Crippen MR) is 75.0 cm³/mol. The molecule has 1 aliphatic rings. The molecule has 1 aliphatic carbocycles. The molecule has 3 rings (SSSR count). The molecule has 2 aromatic heterocycles. The quantitative estimate of drug-likeness (QED) is 0.937. The molecule has 0 unspecified atom stereocenters. The number of carboxylic acid groups (broad SMARTS) is 1. The van der Waals surface area contributed by atoms with Crippen molar-refractivity contribution in [3.63, 3.8) is 0 Å². The van der Waals surface area contributed by atoms with Crippen LogP contribution in [-0.4, -0.2) is 30.9 Å². The molecule has 0 aliphatic heterocycles. The van der Waals surface area contributed by atoms with E-state index in [2.05, 4.69) is 15.3 Å². The maximum Gasteiger partial charge on any atom is 0.310 e. The van der Waals surface area contributed by atoms with Gasteiger partial charge < -0.3 is 5.11 Å². The highest BCUT2D eigenvalue weighted by Gasteiger charge is 2.42. The number of carboxylic acids is 1. The molecule has 0 saturated heterocycles. The monoisotopic (exact) mass is 294 g/mol. The summed E-state index contributed by atoms with van der Waals surface area (Å²) in [5.74, 6) is 0.392. The van der Waals surface area contributed by atoms with Crippen LogP contribution in [0, 0.1) is 5.41 Å². The number of aromatic nitrogens is 4. The number of aliphatic carboxylic acids is 1. The number of nitrogens with zero attached hydrogens (tertiary/aromatic N) is 4. The SMILES string of the molecule is CC(C)c1nnc2sc(CC3(C(=O)O)CCCC3)nn12. The highest BCUT2D eigenvalue weighted by Crippen LogP contribution is 2.41. The molecule has 0 aromatic carbocycles. The van der Waals surface area contributed by atoms with E-state index in [-0.39, 0.29) is 5.92 Å². The van der Waals surface area contributed by atoms with Gasteiger partial charge in [0.1, 0.15) is 5.01 Å². The minimum Gasteiger partial charge on any atom is -0.481 e. The Bertz CT molecular complexity index is 640. The summed E-state index contributed by atoms with van der Waals surface area (Å²) in [4.78, 5) is 12.4. The molecule has 0 atom stereocenters. The van der Waals surface area contributed by atoms with E-state index in [9.17, 15) is 9.90 Å². The molecule has 7 heteroatoms. The maximum atomic E-state index is 11.6. The fourth-order valence-electron chi connectivity index (χ4n) is 2.91. The number of fused-ring (bicyclic) bond motifs is 1. The summed E-state index contributed by atoms with van der Waals surface area (Å²) in [6, 6.07) is 0. The van der Waals surface area contributed by atoms with E-state index in [4.69, 9.17) is 0 Å². The van der Waals surface area contributed by atoms with Crippen molar-refractivity contribution in [2.24, 2.45) is 5.41 Å². The van der Waals surface area contributed by atoms with E-state index in [1.807, 2.05) is 13.8 Å². The molecule has 0 amide bonds. The molecule has 2 heterocycles. The Morgan fingerprint density at radius 2 is 2.10 bits per heavy atom. The second kappa shape index (κ2) is 4.80. The van der Waals surface area contributed by atoms with Crippen LogP contribution in [-0.2, 0) is 11.2 Å². The van der Waals surface area contributed by atoms with Gasteiger partial charge in [0.15, 0.2) is 5.82 Å². The normalized spacial score (nSPS) is 18.1. The van der Waals surface area contributed by atoms with Crippen molar-refractivity contribution in [2.45, 2.75) is 51.9 Å². The fraction of sp³-hybridized carbons (Fsp3) is 0.692. The highest BCUT2D eigenvalue weighted by molar-refractivity contribution is 7.16. The van der Waals surface area contributed by atoms with Crippen molar-refractivity contribution >= 4 is 22.3 Å². The number of hydrogen-bond acceptors (Lipinski definition) is 5. The first-order chi connectivity index (χ1) is 9.52. The van der Waals surface area contributed by atoms with Gasteiger partial charge in [-0.3, -0.25) is 4.79 Å². The molecular formula is C13H18N4O2S. The van der Waals surface area contributed by atoms with Crippen molar-refractivity contribution in [3.8, 4) is 0 Å². The van der Waals surface area contributed by atoms with Gasteiger partial charge in [0, 0.05) is 12.3 Å². The molecule has 6 nitrogen and oxygen atoms in total. The van der Waals surface area contributed by atoms with E-state index >= 15 is 0 Å². The van der Waals surface area contributed by atoms with Gasteiger partial charge in [-0.05, 0) is 12.8 Å². The van der Waals surface area contributed by atoms with Crippen molar-refractivity contribution in [1.29, 1.82) is 0 Å². The summed E-state index contributed by atoms with van der Waals surface area (Å²) < 4.78 is 1.76. The third-order valence-corrected chi connectivity index (χ3v) is 4.98. The summed E-state index contributed by atoms with van der Waals surface area (Å²) in [6.07, 6.45) is 3.99. The molecule has 0 bridgehead atoms. The Morgan fingerprint density at radius 1 is 1.40 bits per heavy atom. The van der Waals surface area contributed by atoms with Crippen LogP contribution >= 0.6 is 11.3 Å². The lowest BCUT2D eigenvalue weighted by Crippen LogP contribution is -2.30. The second-order valence-electron chi connectivity index (χ2n) is 5.87. The predicted octanol–water partition coefficient (Wildman–Crippen LogP) is 2.50. The van der Waals surface area contributed by atoms with Crippen LogP contribution in [0.3, 0.4) is 0 Å². The van der Waals surface area contributed by atoms with Gasteiger partial charge in [0.05, 0.1) is 5.41 Å². The van der Waals surface area contributed by atoms with Crippen LogP contribution in [0.15, 0.2) is 0 Å². The number of rotatable bonds is 4. The van der Waals surface area contributed by atoms with Crippen molar-refractivity contribution in [1.82, 2.24) is 19.8 Å². The van der Waals surface area contributed by atoms with Gasteiger partial charge in [-0.25, -0.2) is 0 Å². The van der Waals surface area contributed by atoms with Crippen LogP contribution in [0.1, 0.15) is 56.3 Å². The first-order valence-electron chi connectivity index (χ1n) is 6.96. The Balaban J connectivity index is 1.93. The Morgan fingerprint density at radius 3 is 2.70 bits per heavy atom. The summed E-state index contributed by atoms with van der Waals surface area (Å²) in [5, 5.41) is 23.2. The summed E-state index contributed by atoms with van der Waals surface area (Å²) in [7, 11) is 0. The zero-order valence-electron chi connectivity index (χ0n) is 11.7. The highest BCUT2D eigenvalue weighted by atomic mass is 32.1. The second-order valence-corrected chi connectivity index (χ2v) is 6.91. The fourth-order valence-corrected chi connectivity index (χ4v) is 3.89. The summed E-state index contributed by atoms with van der Waals surface area (Å²) >= 11 is 1.45. The Kier molecular flexibility index (Phi) is 3.24. The van der Waals surface area contributed by atoms with Gasteiger partial charge >= 0.3 is 5.97 Å². The minimum absolute atomic E-state index is 0.250. The van der Waals surface area contributed by atoms with Crippen LogP contribution in [0.5, 0.6) is 0 Å². The molecule has 1 saturated carbocycles. The van der Waals surface area contributed by atoms with Crippen molar-refractivity contribution < 1.29 is 9.90 Å². The third-order valence-electron chi connectivity index (χ3n) is 4.08. The van der Waals surface area contributed by atoms with Crippen LogP contribution < -0.4 is 0 Å². The standard InChI is InChI=1S/C13H18N4O2S/c1-8(2)10-14-15-12-17(10)16-9(20-12)7-13(11(18)19)5-3-4-6-13/h8H,3-7H2,1-2H3,(H,18,19). The maximum absolute atomic E-state index is 11.6. The Hall–Kier alpha value is -1.50. The molecule has 0 radical (unpaired) electrons. The zero-order valence-corrected chi connectivity index (χ0v) is 12.5. The minimum atomic E-state index is -0.690. The van der Waals surface area contributed by atoms with Gasteiger partial charge in [0.2, 0.25) is 4.96 Å². The topological polar surface area (TPSA) is 80.4 Å². The largest absolute Gasteiger partial charge is 0.481 e. The summed E-state index contributed by atoms with van der Waals surface area (Å²) in [6.45, 7) is 4.09. The first kappa shape index (κ1) is 13.5. The number of carbonyl (C=O) groups is 1. The molecular weight excluding hydrogens is 276 g/mol. The molecule has 20 heavy (non-hydrogen) atoms. The first-order valence-corrected chi connectivity index (χ1v) is 7.78. The zero-order chi connectivity index (χ0) is 14.3. The molecule has 1 N–H and O–H groups in total. The lowest BCUT2D eigenvalue weighted by Gasteiger charge is -2.21. The van der Waals surface area contributed by atoms with E-state index in [0.717, 1.165) is 41.5 Å².